The number of alkyl halides is 3. The maximum atomic E-state index is 13.0. The third kappa shape index (κ3) is 6.56. The number of ether oxygens (including phenoxy) is 2. The van der Waals surface area contributed by atoms with Crippen LogP contribution in [0.25, 0.3) is 11.3 Å². The third-order valence-corrected chi connectivity index (χ3v) is 6.95. The first kappa shape index (κ1) is 27.5. The molecule has 2 fully saturated rings. The van der Waals surface area contributed by atoms with Gasteiger partial charge in [0.1, 0.15) is 17.2 Å². The summed E-state index contributed by atoms with van der Waals surface area (Å²) in [4.78, 5) is 26.1. The number of carbonyl (C=O) groups excluding carboxylic acids is 2. The number of hydrogen-bond donors (Lipinski definition) is 2. The molecule has 1 saturated heterocycles. The lowest BCUT2D eigenvalue weighted by atomic mass is 10.0. The van der Waals surface area contributed by atoms with Gasteiger partial charge in [-0.1, -0.05) is 17.3 Å². The molecule has 1 aliphatic heterocycles. The normalized spacial score (nSPS) is 16.1. The van der Waals surface area contributed by atoms with Gasteiger partial charge in [-0.15, -0.1) is 13.2 Å². The molecular formula is C28H29F3N4O5. The van der Waals surface area contributed by atoms with Gasteiger partial charge < -0.3 is 29.5 Å². The topological polar surface area (TPSA) is 106 Å². The van der Waals surface area contributed by atoms with E-state index in [0.717, 1.165) is 12.8 Å². The number of hydrogen-bond acceptors (Lipinski definition) is 6. The highest BCUT2D eigenvalue weighted by Gasteiger charge is 2.36. The molecule has 1 aromatic heterocycles. The first-order chi connectivity index (χ1) is 19.2. The van der Waals surface area contributed by atoms with Crippen molar-refractivity contribution in [3.8, 4) is 17.0 Å². The number of anilines is 1. The number of carbonyl (C=O) groups is 2. The summed E-state index contributed by atoms with van der Waals surface area (Å²) < 4.78 is 55.0. The molecule has 12 heteroatoms. The van der Waals surface area contributed by atoms with Crippen molar-refractivity contribution < 1.29 is 36.8 Å². The van der Waals surface area contributed by atoms with Crippen LogP contribution in [-0.2, 0) is 11.3 Å². The fourth-order valence-electron chi connectivity index (χ4n) is 4.69. The van der Waals surface area contributed by atoms with Gasteiger partial charge in [-0.05, 0) is 62.1 Å². The van der Waals surface area contributed by atoms with E-state index in [9.17, 15) is 22.8 Å². The Labute approximate surface area is 228 Å². The fourth-order valence-corrected chi connectivity index (χ4v) is 4.69. The van der Waals surface area contributed by atoms with Crippen molar-refractivity contribution in [2.45, 2.75) is 50.7 Å². The number of benzene rings is 2. The molecule has 0 atom stereocenters. The third-order valence-electron chi connectivity index (χ3n) is 6.95. The van der Waals surface area contributed by atoms with Gasteiger partial charge in [-0.2, -0.15) is 0 Å². The second kappa shape index (κ2) is 11.6. The van der Waals surface area contributed by atoms with E-state index in [1.807, 2.05) is 0 Å². The number of nitrogens with zero attached hydrogens (tertiary/aromatic N) is 2. The zero-order valence-corrected chi connectivity index (χ0v) is 21.8. The number of halogens is 3. The van der Waals surface area contributed by atoms with Crippen LogP contribution in [0.4, 0.5) is 23.7 Å². The summed E-state index contributed by atoms with van der Waals surface area (Å²) >= 11 is 0. The summed E-state index contributed by atoms with van der Waals surface area (Å²) in [6.45, 7) is 1.07. The Balaban J connectivity index is 1.20. The van der Waals surface area contributed by atoms with Crippen molar-refractivity contribution in [2.75, 3.05) is 25.5 Å². The smallest absolute Gasteiger partial charge is 0.405 e. The van der Waals surface area contributed by atoms with Gasteiger partial charge in [0.15, 0.2) is 0 Å². The highest BCUT2D eigenvalue weighted by molar-refractivity contribution is 5.95. The van der Waals surface area contributed by atoms with Crippen LogP contribution in [0, 0.1) is 0 Å². The highest BCUT2D eigenvalue weighted by Crippen LogP contribution is 2.45. The molecule has 2 aliphatic rings. The van der Waals surface area contributed by atoms with Crippen LogP contribution in [-0.4, -0.2) is 54.6 Å². The lowest BCUT2D eigenvalue weighted by molar-refractivity contribution is -0.274. The molecule has 3 amide bonds. The SMILES string of the molecule is CNC(=O)c1ccc(NC(=O)N2CCC(OCc3c(-c4ccccc4OC(F)(F)F)noc3C3CC3)CC2)cc1. The number of aromatic nitrogens is 1. The average molecular weight is 559 g/mol. The second-order valence-corrected chi connectivity index (χ2v) is 9.78. The Kier molecular flexibility index (Phi) is 7.97. The van der Waals surface area contributed by atoms with Crippen LogP contribution in [0.15, 0.2) is 53.1 Å². The van der Waals surface area contributed by atoms with E-state index in [1.54, 1.807) is 42.3 Å². The van der Waals surface area contributed by atoms with Gasteiger partial charge in [0, 0.05) is 48.4 Å². The molecule has 0 radical (unpaired) electrons. The average Bonchev–Trinajstić information content (AvgIpc) is 3.70. The molecule has 9 nitrogen and oxygen atoms in total. The summed E-state index contributed by atoms with van der Waals surface area (Å²) in [5.74, 6) is 0.249. The first-order valence-electron chi connectivity index (χ1n) is 13.0. The molecule has 212 valence electrons. The van der Waals surface area contributed by atoms with Gasteiger partial charge >= 0.3 is 12.4 Å². The summed E-state index contributed by atoms with van der Waals surface area (Å²) in [6, 6.07) is 12.2. The van der Waals surface area contributed by atoms with Crippen LogP contribution in [0.3, 0.4) is 0 Å². The van der Waals surface area contributed by atoms with E-state index < -0.39 is 6.36 Å². The quantitative estimate of drug-likeness (QED) is 0.368. The lowest BCUT2D eigenvalue weighted by Crippen LogP contribution is -2.43. The van der Waals surface area contributed by atoms with Crippen LogP contribution in [0.1, 0.15) is 53.3 Å². The highest BCUT2D eigenvalue weighted by atomic mass is 19.4. The zero-order valence-electron chi connectivity index (χ0n) is 21.8. The van der Waals surface area contributed by atoms with Gasteiger partial charge in [0.25, 0.3) is 5.91 Å². The number of nitrogens with one attached hydrogen (secondary N) is 2. The molecule has 1 aliphatic carbocycles. The Bertz CT molecular complexity index is 1350. The summed E-state index contributed by atoms with van der Waals surface area (Å²) in [5.41, 5.74) is 2.17. The Hall–Kier alpha value is -4.06. The van der Waals surface area contributed by atoms with Crippen molar-refractivity contribution >= 4 is 17.6 Å². The molecule has 2 heterocycles. The van der Waals surface area contributed by atoms with Crippen molar-refractivity contribution in [3.05, 3.63) is 65.4 Å². The molecule has 5 rings (SSSR count). The molecule has 2 aromatic carbocycles. The van der Waals surface area contributed by atoms with Crippen molar-refractivity contribution in [3.63, 3.8) is 0 Å². The molecule has 0 spiro atoms. The Morgan fingerprint density at radius 3 is 2.40 bits per heavy atom. The lowest BCUT2D eigenvalue weighted by Gasteiger charge is -2.32. The van der Waals surface area contributed by atoms with Crippen molar-refractivity contribution in [2.24, 2.45) is 0 Å². The van der Waals surface area contributed by atoms with Crippen LogP contribution in [0.5, 0.6) is 5.75 Å². The number of rotatable bonds is 8. The van der Waals surface area contributed by atoms with E-state index >= 15 is 0 Å². The zero-order chi connectivity index (χ0) is 28.3. The number of urea groups is 1. The minimum absolute atomic E-state index is 0.125. The van der Waals surface area contributed by atoms with E-state index in [4.69, 9.17) is 9.26 Å². The van der Waals surface area contributed by atoms with Crippen molar-refractivity contribution in [1.29, 1.82) is 0 Å². The number of likely N-dealkylation sites (tertiary alicyclic amines) is 1. The fraction of sp³-hybridized carbons (Fsp3) is 0.393. The van der Waals surface area contributed by atoms with E-state index in [-0.39, 0.29) is 47.6 Å². The van der Waals surface area contributed by atoms with Gasteiger partial charge in [-0.3, -0.25) is 4.79 Å². The summed E-state index contributed by atoms with van der Waals surface area (Å²) in [7, 11) is 1.55. The maximum Gasteiger partial charge on any atom is 0.573 e. The van der Waals surface area contributed by atoms with Crippen molar-refractivity contribution in [1.82, 2.24) is 15.4 Å². The molecule has 0 bridgehead atoms. The molecule has 2 N–H and O–H groups in total. The maximum absolute atomic E-state index is 13.0. The molecular weight excluding hydrogens is 529 g/mol. The van der Waals surface area contributed by atoms with Crippen LogP contribution < -0.4 is 15.4 Å². The van der Waals surface area contributed by atoms with E-state index in [2.05, 4.69) is 20.5 Å². The largest absolute Gasteiger partial charge is 0.573 e. The number of para-hydroxylation sites is 1. The van der Waals surface area contributed by atoms with Gasteiger partial charge in [0.2, 0.25) is 0 Å². The predicted octanol–water partition coefficient (Wildman–Crippen LogP) is 5.69. The summed E-state index contributed by atoms with van der Waals surface area (Å²) in [6.07, 6.45) is -1.96. The molecule has 0 unspecified atom stereocenters. The standard InChI is InChI=1S/C28H29F3N4O5/c1-32-26(36)18-8-10-19(11-9-18)33-27(37)35-14-12-20(13-15-35)38-16-22-24(34-40-25(22)17-6-7-17)21-4-2-3-5-23(21)39-28(29,30)31/h2-5,8-11,17,20H,6-7,12-16H2,1H3,(H,32,36)(H,33,37). The van der Waals surface area contributed by atoms with E-state index in [1.165, 1.54) is 18.2 Å². The summed E-state index contributed by atoms with van der Waals surface area (Å²) in [5, 5.41) is 9.50. The Morgan fingerprint density at radius 1 is 1.05 bits per heavy atom. The minimum Gasteiger partial charge on any atom is -0.405 e. The van der Waals surface area contributed by atoms with Crippen LogP contribution in [0.2, 0.25) is 0 Å². The minimum atomic E-state index is -4.84. The molecule has 1 saturated carbocycles. The van der Waals surface area contributed by atoms with E-state index in [0.29, 0.717) is 48.5 Å². The predicted molar refractivity (Wildman–Crippen MR) is 139 cm³/mol. The number of amides is 3. The monoisotopic (exact) mass is 558 g/mol. The van der Waals surface area contributed by atoms with Gasteiger partial charge in [-0.25, -0.2) is 4.79 Å². The number of piperidine rings is 1. The van der Waals surface area contributed by atoms with Gasteiger partial charge in [0.05, 0.1) is 12.7 Å². The first-order valence-corrected chi connectivity index (χ1v) is 13.0. The molecule has 3 aromatic rings. The van der Waals surface area contributed by atoms with Crippen LogP contribution >= 0.6 is 0 Å². The molecule has 40 heavy (non-hydrogen) atoms. The second-order valence-electron chi connectivity index (χ2n) is 9.78. The Morgan fingerprint density at radius 2 is 1.75 bits per heavy atom.